The van der Waals surface area contributed by atoms with Gasteiger partial charge in [-0.05, 0) is 12.3 Å². The van der Waals surface area contributed by atoms with E-state index in [4.69, 9.17) is 0 Å². The molecule has 0 radical (unpaired) electrons. The van der Waals surface area contributed by atoms with Gasteiger partial charge in [-0.3, -0.25) is 5.01 Å². The molecule has 0 aromatic carbocycles. The number of allylic oxidation sites excluding steroid dienone is 1. The van der Waals surface area contributed by atoms with Crippen molar-refractivity contribution in [2.45, 2.75) is 27.7 Å². The summed E-state index contributed by atoms with van der Waals surface area (Å²) in [5.74, 6) is 0. The van der Waals surface area contributed by atoms with Gasteiger partial charge in [-0.25, -0.2) is 0 Å². The topological polar surface area (TPSA) is 15.6 Å². The average molecular weight is 154 g/mol. The van der Waals surface area contributed by atoms with Crippen LogP contribution in [-0.4, -0.2) is 18.8 Å². The fraction of sp³-hybridized carbons (Fsp3) is 0.667. The minimum absolute atomic E-state index is 0.221. The Hall–Kier alpha value is -0.790. The fourth-order valence-electron chi connectivity index (χ4n) is 0.515. The van der Waals surface area contributed by atoms with E-state index in [1.807, 2.05) is 13.2 Å². The molecule has 0 aromatic heterocycles. The predicted octanol–water partition coefficient (Wildman–Crippen LogP) is 2.48. The number of hydrazone groups is 1. The molecule has 0 heterocycles. The predicted molar refractivity (Wildman–Crippen MR) is 50.5 cm³/mol. The van der Waals surface area contributed by atoms with Gasteiger partial charge in [0.05, 0.1) is 0 Å². The van der Waals surface area contributed by atoms with Crippen molar-refractivity contribution in [3.05, 3.63) is 11.8 Å². The molecular formula is C9H18N2. The van der Waals surface area contributed by atoms with Crippen molar-refractivity contribution in [2.24, 2.45) is 10.5 Å². The Balaban J connectivity index is 4.33. The Kier molecular flexibility index (Phi) is 3.30. The summed E-state index contributed by atoms with van der Waals surface area (Å²) in [6.07, 6.45) is 1.99. The lowest BCUT2D eigenvalue weighted by Gasteiger charge is -2.20. The van der Waals surface area contributed by atoms with Gasteiger partial charge in [-0.1, -0.05) is 26.3 Å². The van der Waals surface area contributed by atoms with Gasteiger partial charge in [0.15, 0.2) is 0 Å². The van der Waals surface area contributed by atoms with E-state index in [0.29, 0.717) is 0 Å². The van der Waals surface area contributed by atoms with Crippen molar-refractivity contribution in [1.29, 1.82) is 0 Å². The fourth-order valence-corrected chi connectivity index (χ4v) is 0.515. The highest BCUT2D eigenvalue weighted by molar-refractivity contribution is 5.23. The summed E-state index contributed by atoms with van der Waals surface area (Å²) in [4.78, 5) is 0. The average Bonchev–Trinajstić information content (AvgIpc) is 1.85. The molecule has 0 aromatic rings. The van der Waals surface area contributed by atoms with Crippen molar-refractivity contribution < 1.29 is 0 Å². The molecular weight excluding hydrogens is 136 g/mol. The van der Waals surface area contributed by atoms with Gasteiger partial charge in [0.25, 0.3) is 0 Å². The van der Waals surface area contributed by atoms with E-state index in [2.05, 4.69) is 39.5 Å². The van der Waals surface area contributed by atoms with Crippen LogP contribution in [0, 0.1) is 5.41 Å². The lowest BCUT2D eigenvalue weighted by Crippen LogP contribution is -2.10. The smallest absolute Gasteiger partial charge is 0.0296 e. The number of nitrogens with zero attached hydrogens (tertiary/aromatic N) is 2. The third kappa shape index (κ3) is 3.81. The molecule has 0 rings (SSSR count). The molecule has 0 N–H and O–H groups in total. The van der Waals surface area contributed by atoms with Gasteiger partial charge in [0, 0.05) is 20.0 Å². The molecule has 0 spiro atoms. The molecule has 2 heteroatoms. The normalized spacial score (nSPS) is 13.0. The van der Waals surface area contributed by atoms with Crippen LogP contribution in [0.2, 0.25) is 0 Å². The van der Waals surface area contributed by atoms with Crippen LogP contribution in [0.4, 0.5) is 0 Å². The summed E-state index contributed by atoms with van der Waals surface area (Å²) in [5.41, 5.74) is 1.52. The largest absolute Gasteiger partial charge is 0.277 e. The van der Waals surface area contributed by atoms with Gasteiger partial charge < -0.3 is 0 Å². The van der Waals surface area contributed by atoms with E-state index in [0.717, 1.165) is 0 Å². The quantitative estimate of drug-likeness (QED) is 0.440. The zero-order valence-electron chi connectivity index (χ0n) is 8.18. The van der Waals surface area contributed by atoms with Crippen LogP contribution >= 0.6 is 0 Å². The van der Waals surface area contributed by atoms with Crippen molar-refractivity contribution in [3.8, 4) is 0 Å². The van der Waals surface area contributed by atoms with Crippen molar-refractivity contribution in [3.63, 3.8) is 0 Å². The summed E-state index contributed by atoms with van der Waals surface area (Å²) in [6.45, 7) is 12.1. The second-order valence-electron chi connectivity index (χ2n) is 3.78. The Morgan fingerprint density at radius 3 is 2.18 bits per heavy atom. The van der Waals surface area contributed by atoms with E-state index >= 15 is 0 Å². The molecule has 0 saturated carbocycles. The maximum absolute atomic E-state index is 3.75. The van der Waals surface area contributed by atoms with E-state index in [-0.39, 0.29) is 5.41 Å². The van der Waals surface area contributed by atoms with Crippen LogP contribution in [0.15, 0.2) is 16.9 Å². The summed E-state index contributed by atoms with van der Waals surface area (Å²) >= 11 is 0. The summed E-state index contributed by atoms with van der Waals surface area (Å²) in [6, 6.07) is 0. The van der Waals surface area contributed by atoms with Gasteiger partial charge in [-0.15, -0.1) is 0 Å². The zero-order chi connectivity index (χ0) is 9.07. The first-order chi connectivity index (χ1) is 4.88. The van der Waals surface area contributed by atoms with Crippen molar-refractivity contribution in [2.75, 3.05) is 7.05 Å². The Morgan fingerprint density at radius 1 is 1.45 bits per heavy atom. The molecule has 2 nitrogen and oxygen atoms in total. The Bertz CT molecular complexity index is 163. The Morgan fingerprint density at radius 2 is 1.91 bits per heavy atom. The summed E-state index contributed by atoms with van der Waals surface area (Å²) in [5, 5.41) is 5.47. The highest BCUT2D eigenvalue weighted by atomic mass is 15.4. The standard InChI is InChI=1S/C9H18N2/c1-8(9(2,3)4)7-11(6)10-5/h7H,5H2,1-4,6H3/b8-7+. The molecule has 0 aliphatic carbocycles. The molecule has 0 fully saturated rings. The van der Waals surface area contributed by atoms with E-state index in [1.54, 1.807) is 5.01 Å². The monoisotopic (exact) mass is 154 g/mol. The van der Waals surface area contributed by atoms with Crippen LogP contribution in [0.1, 0.15) is 27.7 Å². The molecule has 64 valence electrons. The van der Waals surface area contributed by atoms with Gasteiger partial charge in [0.2, 0.25) is 0 Å². The third-order valence-corrected chi connectivity index (χ3v) is 1.79. The minimum Gasteiger partial charge on any atom is -0.277 e. The molecule has 0 aliphatic rings. The first-order valence-corrected chi connectivity index (χ1v) is 3.76. The number of rotatable bonds is 2. The van der Waals surface area contributed by atoms with Crippen molar-refractivity contribution in [1.82, 2.24) is 5.01 Å². The second kappa shape index (κ2) is 3.56. The number of hydrogen-bond donors (Lipinski definition) is 0. The summed E-state index contributed by atoms with van der Waals surface area (Å²) < 4.78 is 0. The molecule has 0 saturated heterocycles. The molecule has 0 amide bonds. The van der Waals surface area contributed by atoms with Gasteiger partial charge in [-0.2, -0.15) is 5.10 Å². The minimum atomic E-state index is 0.221. The lowest BCUT2D eigenvalue weighted by atomic mass is 9.88. The van der Waals surface area contributed by atoms with Crippen LogP contribution in [-0.2, 0) is 0 Å². The Labute approximate surface area is 69.6 Å². The first-order valence-electron chi connectivity index (χ1n) is 3.76. The maximum Gasteiger partial charge on any atom is 0.0296 e. The molecule has 0 bridgehead atoms. The van der Waals surface area contributed by atoms with Crippen LogP contribution in [0.25, 0.3) is 0 Å². The van der Waals surface area contributed by atoms with Gasteiger partial charge in [0.1, 0.15) is 0 Å². The zero-order valence-corrected chi connectivity index (χ0v) is 8.18. The van der Waals surface area contributed by atoms with Crippen LogP contribution in [0.5, 0.6) is 0 Å². The lowest BCUT2D eigenvalue weighted by molar-refractivity contribution is 0.446. The van der Waals surface area contributed by atoms with Gasteiger partial charge >= 0.3 is 0 Å². The highest BCUT2D eigenvalue weighted by Gasteiger charge is 2.12. The van der Waals surface area contributed by atoms with Crippen molar-refractivity contribution >= 4 is 6.72 Å². The van der Waals surface area contributed by atoms with Crippen LogP contribution in [0.3, 0.4) is 0 Å². The SMILES string of the molecule is C=NN(C)/C=C(\C)C(C)(C)C. The highest BCUT2D eigenvalue weighted by Crippen LogP contribution is 2.24. The molecule has 0 atom stereocenters. The second-order valence-corrected chi connectivity index (χ2v) is 3.78. The summed E-state index contributed by atoms with van der Waals surface area (Å²) in [7, 11) is 1.88. The maximum atomic E-state index is 3.75. The molecule has 0 aliphatic heterocycles. The first kappa shape index (κ1) is 10.2. The van der Waals surface area contributed by atoms with E-state index in [9.17, 15) is 0 Å². The molecule has 11 heavy (non-hydrogen) atoms. The van der Waals surface area contributed by atoms with Crippen LogP contribution < -0.4 is 0 Å². The number of hydrogen-bond acceptors (Lipinski definition) is 2. The third-order valence-electron chi connectivity index (χ3n) is 1.79. The van der Waals surface area contributed by atoms with E-state index < -0.39 is 0 Å². The van der Waals surface area contributed by atoms with E-state index in [1.165, 1.54) is 5.57 Å². The molecule has 0 unspecified atom stereocenters.